The first-order valence-electron chi connectivity index (χ1n) is 20.2. The van der Waals surface area contributed by atoms with Gasteiger partial charge in [-0.1, -0.05) is 50.9 Å². The van der Waals surface area contributed by atoms with Crippen LogP contribution < -0.4 is 25.2 Å². The molecule has 0 radical (unpaired) electrons. The summed E-state index contributed by atoms with van der Waals surface area (Å²) in [5.74, 6) is -1.53. The minimum Gasteiger partial charge on any atom is -0.489 e. The molecule has 14 heteroatoms. The summed E-state index contributed by atoms with van der Waals surface area (Å²) in [6.07, 6.45) is 3.28. The van der Waals surface area contributed by atoms with E-state index in [9.17, 15) is 29.2 Å². The number of rotatable bonds is 9. The van der Waals surface area contributed by atoms with Crippen LogP contribution in [-0.4, -0.2) is 103 Å². The molecule has 5 amide bonds. The smallest absolute Gasteiger partial charge is 0.262 e. The highest BCUT2D eigenvalue weighted by Gasteiger charge is 2.64. The number of fused-ring (bicyclic) bond motifs is 1. The van der Waals surface area contributed by atoms with Crippen molar-refractivity contribution in [3.63, 3.8) is 0 Å². The van der Waals surface area contributed by atoms with Crippen LogP contribution in [0.25, 0.3) is 0 Å². The van der Waals surface area contributed by atoms with Crippen LogP contribution in [0, 0.1) is 22.2 Å². The minimum absolute atomic E-state index is 0.0862. The molecule has 1 saturated carbocycles. The lowest BCUT2D eigenvalue weighted by atomic mass is 9.49. The Balaban J connectivity index is 0.808. The van der Waals surface area contributed by atoms with Gasteiger partial charge in [0, 0.05) is 92.1 Å². The maximum atomic E-state index is 13.5. The fourth-order valence-corrected chi connectivity index (χ4v) is 10.0. The third-order valence-corrected chi connectivity index (χ3v) is 13.1. The van der Waals surface area contributed by atoms with E-state index in [1.165, 1.54) is 5.57 Å². The Hall–Kier alpha value is -5.71. The first-order chi connectivity index (χ1) is 28.1. The molecule has 4 heterocycles. The van der Waals surface area contributed by atoms with Gasteiger partial charge in [-0.3, -0.25) is 39.1 Å². The zero-order valence-corrected chi connectivity index (χ0v) is 34.5. The molecular weight excluding hydrogens is 770 g/mol. The highest BCUT2D eigenvalue weighted by molar-refractivity contribution is 6.31. The van der Waals surface area contributed by atoms with Crippen LogP contribution >= 0.6 is 11.6 Å². The number of nitrogens with zero attached hydrogens (tertiary/aromatic N) is 5. The van der Waals surface area contributed by atoms with Gasteiger partial charge in [0.05, 0.1) is 21.7 Å². The molecule has 0 aromatic heterocycles. The lowest BCUT2D eigenvalue weighted by Gasteiger charge is -2.63. The lowest BCUT2D eigenvalue weighted by Crippen LogP contribution is -2.74. The van der Waals surface area contributed by atoms with E-state index in [1.54, 1.807) is 30.3 Å². The number of imide groups is 2. The molecule has 1 unspecified atom stereocenters. The van der Waals surface area contributed by atoms with Crippen molar-refractivity contribution in [3.05, 3.63) is 99.6 Å². The number of carbonyl (C=O) groups excluding carboxylic acids is 5. The average molecular weight is 818 g/mol. The zero-order chi connectivity index (χ0) is 41.8. The van der Waals surface area contributed by atoms with Crippen molar-refractivity contribution in [2.45, 2.75) is 65.1 Å². The molecule has 2 saturated heterocycles. The maximum absolute atomic E-state index is 13.5. The number of benzene rings is 3. The Kier molecular flexibility index (Phi) is 10.5. The van der Waals surface area contributed by atoms with Crippen LogP contribution in [0.4, 0.5) is 11.4 Å². The highest BCUT2D eigenvalue weighted by atomic mass is 35.5. The number of amides is 5. The van der Waals surface area contributed by atoms with Gasteiger partial charge in [-0.05, 0) is 67.4 Å². The summed E-state index contributed by atoms with van der Waals surface area (Å²) < 4.78 is 6.38. The van der Waals surface area contributed by atoms with Gasteiger partial charge < -0.3 is 19.9 Å². The summed E-state index contributed by atoms with van der Waals surface area (Å²) in [5, 5.41) is 15.1. The van der Waals surface area contributed by atoms with Crippen LogP contribution in [-0.2, 0) is 9.59 Å². The molecule has 0 bridgehead atoms. The van der Waals surface area contributed by atoms with E-state index in [1.807, 2.05) is 30.3 Å². The molecule has 3 fully saturated rings. The number of carbonyl (C=O) groups is 5. The fraction of sp³-hybridized carbons (Fsp3) is 0.422. The van der Waals surface area contributed by atoms with Gasteiger partial charge in [0.2, 0.25) is 11.8 Å². The number of anilines is 2. The molecule has 306 valence electrons. The lowest BCUT2D eigenvalue weighted by molar-refractivity contribution is -0.164. The van der Waals surface area contributed by atoms with Crippen LogP contribution in [0.2, 0.25) is 5.02 Å². The van der Waals surface area contributed by atoms with E-state index in [-0.39, 0.29) is 47.3 Å². The molecule has 13 nitrogen and oxygen atoms in total. The van der Waals surface area contributed by atoms with Gasteiger partial charge >= 0.3 is 0 Å². The van der Waals surface area contributed by atoms with Crippen LogP contribution in [0.15, 0.2) is 72.3 Å². The Morgan fingerprint density at radius 3 is 2.20 bits per heavy atom. The number of hydrogen-bond acceptors (Lipinski definition) is 10. The number of halogens is 1. The number of hydrogen-bond donors (Lipinski definition) is 2. The van der Waals surface area contributed by atoms with Crippen molar-refractivity contribution < 1.29 is 28.7 Å². The third-order valence-electron chi connectivity index (χ3n) is 12.8. The normalized spacial score (nSPS) is 23.8. The third kappa shape index (κ3) is 7.44. The van der Waals surface area contributed by atoms with Gasteiger partial charge in [0.1, 0.15) is 24.0 Å². The molecule has 3 aromatic carbocycles. The Morgan fingerprint density at radius 2 is 1.56 bits per heavy atom. The summed E-state index contributed by atoms with van der Waals surface area (Å²) in [7, 11) is 0. The fourth-order valence-electron chi connectivity index (χ4n) is 9.83. The topological polar surface area (TPSA) is 155 Å². The molecule has 2 N–H and O–H groups in total. The number of nitrogens with one attached hydrogen (secondary N) is 2. The Bertz CT molecular complexity index is 2290. The second kappa shape index (κ2) is 15.5. The van der Waals surface area contributed by atoms with Crippen molar-refractivity contribution in [3.8, 4) is 11.8 Å². The highest BCUT2D eigenvalue weighted by Crippen LogP contribution is 2.55. The van der Waals surface area contributed by atoms with E-state index in [4.69, 9.17) is 16.3 Å². The zero-order valence-electron chi connectivity index (χ0n) is 33.7. The second-order valence-electron chi connectivity index (χ2n) is 17.3. The largest absolute Gasteiger partial charge is 0.489 e. The average Bonchev–Trinajstić information content (AvgIpc) is 3.47. The molecule has 0 spiro atoms. The summed E-state index contributed by atoms with van der Waals surface area (Å²) in [4.78, 5) is 72.0. The quantitative estimate of drug-likeness (QED) is 0.218. The summed E-state index contributed by atoms with van der Waals surface area (Å²) in [6, 6.07) is 19.1. The van der Waals surface area contributed by atoms with Gasteiger partial charge in [-0.2, -0.15) is 5.26 Å². The Morgan fingerprint density at radius 1 is 0.864 bits per heavy atom. The number of ether oxygens (including phenoxy) is 1. The second-order valence-corrected chi connectivity index (χ2v) is 17.8. The molecule has 8 rings (SSSR count). The van der Waals surface area contributed by atoms with Gasteiger partial charge in [0.25, 0.3) is 17.7 Å². The molecule has 59 heavy (non-hydrogen) atoms. The molecule has 4 aliphatic heterocycles. The van der Waals surface area contributed by atoms with Crippen molar-refractivity contribution >= 4 is 52.5 Å². The van der Waals surface area contributed by atoms with Crippen LogP contribution in [0.5, 0.6) is 5.75 Å². The number of piperazine rings is 1. The molecule has 5 aliphatic rings. The molecule has 1 aliphatic carbocycles. The summed E-state index contributed by atoms with van der Waals surface area (Å²) in [5.41, 5.74) is 4.20. The van der Waals surface area contributed by atoms with E-state index in [0.717, 1.165) is 68.5 Å². The predicted molar refractivity (Wildman–Crippen MR) is 223 cm³/mol. The van der Waals surface area contributed by atoms with Crippen molar-refractivity contribution in [2.75, 3.05) is 55.6 Å². The van der Waals surface area contributed by atoms with E-state index in [0.29, 0.717) is 27.5 Å². The van der Waals surface area contributed by atoms with E-state index in [2.05, 4.69) is 65.2 Å². The van der Waals surface area contributed by atoms with Crippen LogP contribution in [0.1, 0.15) is 83.6 Å². The van der Waals surface area contributed by atoms with Gasteiger partial charge in [0.15, 0.2) is 0 Å². The minimum atomic E-state index is -0.980. The standard InChI is InChI=1S/C45H48ClN7O6/c1-44(2)42(45(3,4)43(44)59-32-11-7-29(25-47)35(46)24-32)49-38(55)28-5-8-30(9-6-28)51-17-15-27(16-18-51)26-50-19-21-52(22-20-50)31-10-12-33-34(23-31)41(58)53(40(33)57)36-13-14-37(54)48-39(36)56/h5-12,15,23-24,36,42-43H,13-14,16-22,26H2,1-4H3,(H,49,55)(H,48,54,56)/t36?,42-,43-. The summed E-state index contributed by atoms with van der Waals surface area (Å²) >= 11 is 6.25. The predicted octanol–water partition coefficient (Wildman–Crippen LogP) is 5.18. The molecule has 1 atom stereocenters. The van der Waals surface area contributed by atoms with Crippen molar-refractivity contribution in [1.82, 2.24) is 20.4 Å². The van der Waals surface area contributed by atoms with E-state index >= 15 is 0 Å². The van der Waals surface area contributed by atoms with Crippen LogP contribution in [0.3, 0.4) is 0 Å². The first kappa shape index (κ1) is 40.1. The number of piperidine rings is 1. The van der Waals surface area contributed by atoms with Gasteiger partial charge in [-0.15, -0.1) is 0 Å². The molecular formula is C45H48ClN7O6. The Labute approximate surface area is 348 Å². The summed E-state index contributed by atoms with van der Waals surface area (Å²) in [6.45, 7) is 14.2. The van der Waals surface area contributed by atoms with Gasteiger partial charge in [-0.25, -0.2) is 0 Å². The number of nitriles is 1. The van der Waals surface area contributed by atoms with Crippen molar-refractivity contribution in [2.24, 2.45) is 10.8 Å². The van der Waals surface area contributed by atoms with Crippen molar-refractivity contribution in [1.29, 1.82) is 5.26 Å². The first-order valence-corrected chi connectivity index (χ1v) is 20.6. The SMILES string of the molecule is CC1(C)[C@H](NC(=O)c2ccc(N3CC=C(CN4CCN(c5ccc6c(c5)C(=O)N(C5CCC(=O)NC5=O)C6=O)CC4)CC3)cc2)C(C)(C)[C@H]1Oc1ccc(C#N)c(Cl)c1. The van der Waals surface area contributed by atoms with E-state index < -0.39 is 29.7 Å². The monoisotopic (exact) mass is 817 g/mol. The molecule has 3 aromatic rings. The maximum Gasteiger partial charge on any atom is 0.262 e.